The number of aromatic nitrogens is 1. The number of non-ortho nitro benzene ring substituents is 1. The molecule has 0 N–H and O–H groups in total. The summed E-state index contributed by atoms with van der Waals surface area (Å²) in [6, 6.07) is 4.73. The highest BCUT2D eigenvalue weighted by molar-refractivity contribution is 7.07. The molecule has 0 aliphatic carbocycles. The zero-order chi connectivity index (χ0) is 15.7. The molecule has 0 saturated carbocycles. The number of carbonyl (C=O) groups excluding carboxylic acids is 1. The Morgan fingerprint density at radius 2 is 2.36 bits per heavy atom. The molecule has 2 heterocycles. The fourth-order valence-corrected chi connectivity index (χ4v) is 3.42. The van der Waals surface area contributed by atoms with Crippen molar-refractivity contribution in [3.05, 3.63) is 50.5 Å². The van der Waals surface area contributed by atoms with Gasteiger partial charge in [-0.25, -0.2) is 4.98 Å². The Morgan fingerprint density at radius 3 is 3.05 bits per heavy atom. The minimum absolute atomic E-state index is 0.0277. The zero-order valence-corrected chi connectivity index (χ0v) is 12.9. The van der Waals surface area contributed by atoms with E-state index in [4.69, 9.17) is 0 Å². The molecule has 0 spiro atoms. The van der Waals surface area contributed by atoms with Gasteiger partial charge in [-0.05, 0) is 31.4 Å². The van der Waals surface area contributed by atoms with Crippen molar-refractivity contribution in [2.45, 2.75) is 32.2 Å². The Morgan fingerprint density at radius 1 is 1.55 bits per heavy atom. The van der Waals surface area contributed by atoms with Gasteiger partial charge in [-0.15, -0.1) is 11.3 Å². The van der Waals surface area contributed by atoms with Crippen LogP contribution >= 0.6 is 11.3 Å². The van der Waals surface area contributed by atoms with Crippen molar-refractivity contribution in [2.24, 2.45) is 0 Å². The van der Waals surface area contributed by atoms with E-state index in [0.717, 1.165) is 16.9 Å². The van der Waals surface area contributed by atoms with Crippen molar-refractivity contribution in [1.82, 2.24) is 4.98 Å². The Hall–Kier alpha value is -2.28. The molecule has 1 amide bonds. The molecule has 0 bridgehead atoms. The molecule has 114 valence electrons. The fraction of sp³-hybridized carbons (Fsp3) is 0.333. The maximum atomic E-state index is 12.5. The maximum absolute atomic E-state index is 12.5. The number of fused-ring (bicyclic) bond motifs is 1. The van der Waals surface area contributed by atoms with Crippen molar-refractivity contribution in [3.8, 4) is 0 Å². The van der Waals surface area contributed by atoms with Crippen molar-refractivity contribution in [3.63, 3.8) is 0 Å². The molecule has 1 aromatic heterocycles. The third-order valence-electron chi connectivity index (χ3n) is 3.84. The fourth-order valence-electron chi connectivity index (χ4n) is 2.83. The normalized spacial score (nSPS) is 16.6. The van der Waals surface area contributed by atoms with Crippen molar-refractivity contribution < 1.29 is 9.72 Å². The van der Waals surface area contributed by atoms with Gasteiger partial charge in [0.1, 0.15) is 0 Å². The molecule has 22 heavy (non-hydrogen) atoms. The van der Waals surface area contributed by atoms with Crippen LogP contribution in [0.3, 0.4) is 0 Å². The van der Waals surface area contributed by atoms with Crippen LogP contribution < -0.4 is 4.90 Å². The van der Waals surface area contributed by atoms with E-state index in [2.05, 4.69) is 4.98 Å². The number of anilines is 1. The van der Waals surface area contributed by atoms with Gasteiger partial charge < -0.3 is 4.90 Å². The molecule has 1 aliphatic rings. The summed E-state index contributed by atoms with van der Waals surface area (Å²) < 4.78 is 0. The summed E-state index contributed by atoms with van der Waals surface area (Å²) in [5.41, 5.74) is 4.41. The summed E-state index contributed by atoms with van der Waals surface area (Å²) >= 11 is 1.52. The summed E-state index contributed by atoms with van der Waals surface area (Å²) in [5.74, 6) is 0.0353. The molecule has 0 unspecified atom stereocenters. The standard InChI is InChI=1S/C15H15N3O3S/c1-10-6-11-7-13(18(20)21)3-4-14(11)17(10)15(19)5-2-12-8-22-9-16-12/h3-4,7-10H,2,5-6H2,1H3/t10-/m0/s1. The first kappa shape index (κ1) is 14.6. The quantitative estimate of drug-likeness (QED) is 0.641. The third-order valence-corrected chi connectivity index (χ3v) is 4.47. The molecule has 3 rings (SSSR count). The molecular weight excluding hydrogens is 302 g/mol. The zero-order valence-electron chi connectivity index (χ0n) is 12.1. The van der Waals surface area contributed by atoms with Crippen LogP contribution in [-0.2, 0) is 17.6 Å². The Balaban J connectivity index is 1.77. The van der Waals surface area contributed by atoms with Crippen molar-refractivity contribution >= 4 is 28.6 Å². The number of amides is 1. The number of nitrogens with zero attached hydrogens (tertiary/aromatic N) is 3. The average molecular weight is 317 g/mol. The number of carbonyl (C=O) groups is 1. The van der Waals surface area contributed by atoms with Crippen molar-refractivity contribution in [1.29, 1.82) is 0 Å². The van der Waals surface area contributed by atoms with Crippen LogP contribution in [0, 0.1) is 10.1 Å². The lowest BCUT2D eigenvalue weighted by atomic mass is 10.1. The molecule has 0 fully saturated rings. The Kier molecular flexibility index (Phi) is 3.89. The Labute approximate surface area is 131 Å². The van der Waals surface area contributed by atoms with Gasteiger partial charge in [0.2, 0.25) is 5.91 Å². The predicted molar refractivity (Wildman–Crippen MR) is 84.2 cm³/mol. The lowest BCUT2D eigenvalue weighted by Crippen LogP contribution is -2.35. The van der Waals surface area contributed by atoms with Gasteiger partial charge in [0, 0.05) is 35.7 Å². The van der Waals surface area contributed by atoms with Crippen LogP contribution in [0.2, 0.25) is 0 Å². The Bertz CT molecular complexity index is 715. The molecule has 1 aromatic carbocycles. The molecule has 6 nitrogen and oxygen atoms in total. The summed E-state index contributed by atoms with van der Waals surface area (Å²) in [7, 11) is 0. The highest BCUT2D eigenvalue weighted by Gasteiger charge is 2.31. The van der Waals surface area contributed by atoms with Gasteiger partial charge in [0.25, 0.3) is 5.69 Å². The maximum Gasteiger partial charge on any atom is 0.269 e. The molecule has 2 aromatic rings. The first-order chi connectivity index (χ1) is 10.6. The van der Waals surface area contributed by atoms with E-state index < -0.39 is 4.92 Å². The third kappa shape index (κ3) is 2.71. The van der Waals surface area contributed by atoms with Crippen LogP contribution in [0.1, 0.15) is 24.6 Å². The lowest BCUT2D eigenvalue weighted by Gasteiger charge is -2.22. The number of aryl methyl sites for hydroxylation is 1. The highest BCUT2D eigenvalue weighted by atomic mass is 32.1. The van der Waals surface area contributed by atoms with Crippen LogP contribution in [0.4, 0.5) is 11.4 Å². The van der Waals surface area contributed by atoms with Gasteiger partial charge in [0.15, 0.2) is 0 Å². The minimum Gasteiger partial charge on any atom is -0.309 e. The van der Waals surface area contributed by atoms with E-state index in [9.17, 15) is 14.9 Å². The molecule has 7 heteroatoms. The second-order valence-electron chi connectivity index (χ2n) is 5.37. The van der Waals surface area contributed by atoms with Crippen LogP contribution in [0.5, 0.6) is 0 Å². The number of benzene rings is 1. The van der Waals surface area contributed by atoms with E-state index >= 15 is 0 Å². The number of hydrogen-bond donors (Lipinski definition) is 0. The first-order valence-corrected chi connectivity index (χ1v) is 7.97. The van der Waals surface area contributed by atoms with Crippen molar-refractivity contribution in [2.75, 3.05) is 4.90 Å². The smallest absolute Gasteiger partial charge is 0.269 e. The summed E-state index contributed by atoms with van der Waals surface area (Å²) in [4.78, 5) is 28.9. The number of thiazole rings is 1. The van der Waals surface area contributed by atoms with Gasteiger partial charge in [-0.1, -0.05) is 0 Å². The average Bonchev–Trinajstić information content (AvgIpc) is 3.10. The summed E-state index contributed by atoms with van der Waals surface area (Å²) in [6.07, 6.45) is 1.66. The van der Waals surface area contributed by atoms with E-state index in [1.807, 2.05) is 12.3 Å². The largest absolute Gasteiger partial charge is 0.309 e. The van der Waals surface area contributed by atoms with Crippen LogP contribution in [-0.4, -0.2) is 21.9 Å². The number of nitro benzene ring substituents is 1. The molecule has 1 atom stereocenters. The van der Waals surface area contributed by atoms with Crippen LogP contribution in [0.15, 0.2) is 29.1 Å². The molecule has 1 aliphatic heterocycles. The van der Waals surface area contributed by atoms with E-state index in [1.165, 1.54) is 17.4 Å². The second-order valence-corrected chi connectivity index (χ2v) is 6.09. The molecule has 0 radical (unpaired) electrons. The minimum atomic E-state index is -0.405. The van der Waals surface area contributed by atoms with E-state index in [0.29, 0.717) is 19.3 Å². The predicted octanol–water partition coefficient (Wildman–Crippen LogP) is 2.96. The first-order valence-electron chi connectivity index (χ1n) is 7.02. The van der Waals surface area contributed by atoms with E-state index in [1.54, 1.807) is 22.5 Å². The number of nitro groups is 1. The lowest BCUT2D eigenvalue weighted by molar-refractivity contribution is -0.384. The van der Waals surface area contributed by atoms with Gasteiger partial charge in [-0.2, -0.15) is 0 Å². The van der Waals surface area contributed by atoms with Crippen LogP contribution in [0.25, 0.3) is 0 Å². The summed E-state index contributed by atoms with van der Waals surface area (Å²) in [5, 5.41) is 12.8. The van der Waals surface area contributed by atoms with Gasteiger partial charge >= 0.3 is 0 Å². The number of hydrogen-bond acceptors (Lipinski definition) is 5. The SMILES string of the molecule is C[C@H]1Cc2cc([N+](=O)[O-])ccc2N1C(=O)CCc1cscn1. The monoisotopic (exact) mass is 317 g/mol. The van der Waals surface area contributed by atoms with Gasteiger partial charge in [-0.3, -0.25) is 14.9 Å². The number of rotatable bonds is 4. The molecular formula is C15H15N3O3S. The topological polar surface area (TPSA) is 76.3 Å². The highest BCUT2D eigenvalue weighted by Crippen LogP contribution is 2.35. The van der Waals surface area contributed by atoms with Gasteiger partial charge in [0.05, 0.1) is 16.1 Å². The van der Waals surface area contributed by atoms with E-state index in [-0.39, 0.29) is 17.6 Å². The summed E-state index contributed by atoms with van der Waals surface area (Å²) in [6.45, 7) is 1.96. The second kappa shape index (κ2) is 5.84. The molecule has 0 saturated heterocycles.